The normalized spacial score (nSPS) is 29.0. The van der Waals surface area contributed by atoms with Gasteiger partial charge in [-0.25, -0.2) is 4.79 Å². The standard InChI is InChI=1S/C9H11NO5/c1-2-14-9(12)7-5-3-4-6(11)8(5)15-10(7)13/h5,8H,2-4H2,1H3/t5-,8+/m0/s1. The van der Waals surface area contributed by atoms with Crippen LogP contribution in [0.2, 0.25) is 0 Å². The van der Waals surface area contributed by atoms with Gasteiger partial charge in [-0.2, -0.15) is 0 Å². The van der Waals surface area contributed by atoms with E-state index in [1.54, 1.807) is 6.92 Å². The van der Waals surface area contributed by atoms with Crippen molar-refractivity contribution in [3.63, 3.8) is 0 Å². The van der Waals surface area contributed by atoms with Gasteiger partial charge in [-0.3, -0.25) is 10.0 Å². The summed E-state index contributed by atoms with van der Waals surface area (Å²) in [5.41, 5.74) is -0.0762. The fourth-order valence-corrected chi connectivity index (χ4v) is 1.95. The van der Waals surface area contributed by atoms with Crippen LogP contribution in [0.4, 0.5) is 0 Å². The van der Waals surface area contributed by atoms with E-state index < -0.39 is 18.0 Å². The fourth-order valence-electron chi connectivity index (χ4n) is 1.95. The average Bonchev–Trinajstić information content (AvgIpc) is 2.67. The highest BCUT2D eigenvalue weighted by Crippen LogP contribution is 2.31. The number of ether oxygens (including phenoxy) is 1. The second-order valence-electron chi connectivity index (χ2n) is 3.50. The summed E-state index contributed by atoms with van der Waals surface area (Å²) < 4.78 is 4.73. The number of fused-ring (bicyclic) bond motifs is 1. The molecule has 0 amide bonds. The van der Waals surface area contributed by atoms with Crippen LogP contribution in [-0.2, 0) is 19.2 Å². The van der Waals surface area contributed by atoms with E-state index in [0.717, 1.165) is 0 Å². The van der Waals surface area contributed by atoms with Gasteiger partial charge in [0.2, 0.25) is 0 Å². The molecule has 0 bridgehead atoms. The lowest BCUT2D eigenvalue weighted by atomic mass is 10.0. The molecule has 0 aromatic heterocycles. The number of Topliss-reactive ketones (excluding diaryl/α,β-unsaturated/α-hetero) is 1. The van der Waals surface area contributed by atoms with Crippen molar-refractivity contribution in [2.24, 2.45) is 5.92 Å². The van der Waals surface area contributed by atoms with Gasteiger partial charge in [0.1, 0.15) is 6.10 Å². The molecule has 1 saturated carbocycles. The first-order valence-electron chi connectivity index (χ1n) is 4.86. The second-order valence-corrected chi connectivity index (χ2v) is 3.50. The average molecular weight is 213 g/mol. The monoisotopic (exact) mass is 213 g/mol. The van der Waals surface area contributed by atoms with E-state index >= 15 is 0 Å². The third-order valence-corrected chi connectivity index (χ3v) is 2.63. The van der Waals surface area contributed by atoms with Gasteiger partial charge in [-0.05, 0) is 13.3 Å². The molecule has 6 heteroatoms. The molecule has 15 heavy (non-hydrogen) atoms. The van der Waals surface area contributed by atoms with E-state index in [4.69, 9.17) is 9.57 Å². The van der Waals surface area contributed by atoms with Gasteiger partial charge in [0.25, 0.3) is 0 Å². The molecule has 1 aliphatic heterocycles. The first-order chi connectivity index (χ1) is 7.15. The molecule has 1 fully saturated rings. The highest BCUT2D eigenvalue weighted by molar-refractivity contribution is 6.36. The quantitative estimate of drug-likeness (QED) is 0.468. The summed E-state index contributed by atoms with van der Waals surface area (Å²) in [6.07, 6.45) is 0.0598. The molecule has 0 N–H and O–H groups in total. The van der Waals surface area contributed by atoms with E-state index in [1.165, 1.54) is 0 Å². The van der Waals surface area contributed by atoms with Crippen LogP contribution in [0.15, 0.2) is 0 Å². The second kappa shape index (κ2) is 3.52. The van der Waals surface area contributed by atoms with E-state index in [-0.39, 0.29) is 23.0 Å². The Kier molecular flexibility index (Phi) is 2.34. The van der Waals surface area contributed by atoms with Crippen molar-refractivity contribution in [3.05, 3.63) is 5.21 Å². The molecule has 0 aromatic rings. The summed E-state index contributed by atoms with van der Waals surface area (Å²) in [4.78, 5) is 27.6. The number of nitrogens with zero attached hydrogens (tertiary/aromatic N) is 1. The van der Waals surface area contributed by atoms with E-state index in [1.807, 2.05) is 0 Å². The first-order valence-corrected chi connectivity index (χ1v) is 4.86. The first kappa shape index (κ1) is 9.95. The molecule has 2 atom stereocenters. The van der Waals surface area contributed by atoms with Crippen molar-refractivity contribution in [1.82, 2.24) is 0 Å². The molecule has 0 radical (unpaired) electrons. The van der Waals surface area contributed by atoms with Crippen molar-refractivity contribution in [1.29, 1.82) is 0 Å². The van der Waals surface area contributed by atoms with Crippen LogP contribution in [0, 0.1) is 11.1 Å². The Morgan fingerprint density at radius 2 is 2.47 bits per heavy atom. The summed E-state index contributed by atoms with van der Waals surface area (Å²) in [5.74, 6) is -1.23. The van der Waals surface area contributed by atoms with Gasteiger partial charge >= 0.3 is 11.7 Å². The van der Waals surface area contributed by atoms with E-state index in [0.29, 0.717) is 12.8 Å². The number of carbonyl (C=O) groups is 2. The van der Waals surface area contributed by atoms with Gasteiger partial charge in [0.05, 0.1) is 12.5 Å². The Hall–Kier alpha value is -1.59. The van der Waals surface area contributed by atoms with Crippen molar-refractivity contribution in [2.75, 3.05) is 6.61 Å². The maximum Gasteiger partial charge on any atom is 0.405 e. The molecule has 82 valence electrons. The zero-order valence-corrected chi connectivity index (χ0v) is 8.26. The number of hydrogen-bond donors (Lipinski definition) is 0. The fraction of sp³-hybridized carbons (Fsp3) is 0.667. The summed E-state index contributed by atoms with van der Waals surface area (Å²) in [6.45, 7) is 1.85. The Morgan fingerprint density at radius 1 is 1.73 bits per heavy atom. The number of rotatable bonds is 2. The summed E-state index contributed by atoms with van der Waals surface area (Å²) >= 11 is 0. The van der Waals surface area contributed by atoms with Crippen molar-refractivity contribution < 1.29 is 24.1 Å². The van der Waals surface area contributed by atoms with Crippen LogP contribution in [0.3, 0.4) is 0 Å². The van der Waals surface area contributed by atoms with Crippen molar-refractivity contribution >= 4 is 17.5 Å². The van der Waals surface area contributed by atoms with E-state index in [2.05, 4.69) is 0 Å². The van der Waals surface area contributed by atoms with Gasteiger partial charge in [0, 0.05) is 11.3 Å². The van der Waals surface area contributed by atoms with Crippen LogP contribution in [-0.4, -0.2) is 35.1 Å². The zero-order chi connectivity index (χ0) is 11.0. The number of ketones is 1. The largest absolute Gasteiger partial charge is 0.458 e. The molecule has 0 saturated heterocycles. The highest BCUT2D eigenvalue weighted by atomic mass is 16.9. The number of carbonyl (C=O) groups excluding carboxylic acids is 2. The van der Waals surface area contributed by atoms with Crippen LogP contribution < -0.4 is 0 Å². The minimum Gasteiger partial charge on any atom is -0.458 e. The summed E-state index contributed by atoms with van der Waals surface area (Å²) in [5, 5.41) is 11.3. The SMILES string of the molecule is CCOC(=O)C1=[N+]([O-])O[C@H]2C(=O)CC[C@@H]12. The van der Waals surface area contributed by atoms with E-state index in [9.17, 15) is 14.8 Å². The lowest BCUT2D eigenvalue weighted by Gasteiger charge is -2.05. The molecule has 6 nitrogen and oxygen atoms in total. The highest BCUT2D eigenvalue weighted by Gasteiger charge is 2.51. The molecule has 1 heterocycles. The lowest BCUT2D eigenvalue weighted by molar-refractivity contribution is -0.736. The van der Waals surface area contributed by atoms with Crippen LogP contribution in [0.1, 0.15) is 19.8 Å². The minimum absolute atomic E-state index is 0.0762. The molecule has 0 spiro atoms. The summed E-state index contributed by atoms with van der Waals surface area (Å²) in [7, 11) is 0. The lowest BCUT2D eigenvalue weighted by Crippen LogP contribution is -2.29. The predicted molar refractivity (Wildman–Crippen MR) is 47.9 cm³/mol. The van der Waals surface area contributed by atoms with Crippen LogP contribution in [0.25, 0.3) is 0 Å². The van der Waals surface area contributed by atoms with Crippen molar-refractivity contribution in [2.45, 2.75) is 25.9 Å². The summed E-state index contributed by atoms with van der Waals surface area (Å²) in [6, 6.07) is 0. The topological polar surface area (TPSA) is 78.7 Å². The Balaban J connectivity index is 2.21. The zero-order valence-electron chi connectivity index (χ0n) is 8.26. The van der Waals surface area contributed by atoms with Crippen LogP contribution >= 0.6 is 0 Å². The Labute approximate surface area is 86.0 Å². The minimum atomic E-state index is -0.776. The Morgan fingerprint density at radius 3 is 3.13 bits per heavy atom. The molecule has 0 unspecified atom stereocenters. The Bertz CT molecular complexity index is 348. The molecular weight excluding hydrogens is 202 g/mol. The van der Waals surface area contributed by atoms with Gasteiger partial charge in [0.15, 0.2) is 5.78 Å². The number of hydrogen-bond acceptors (Lipinski definition) is 5. The van der Waals surface area contributed by atoms with Crippen LogP contribution in [0.5, 0.6) is 0 Å². The number of esters is 1. The molecular formula is C9H11NO5. The van der Waals surface area contributed by atoms with Gasteiger partial charge < -0.3 is 9.57 Å². The molecule has 2 rings (SSSR count). The third-order valence-electron chi connectivity index (χ3n) is 2.63. The van der Waals surface area contributed by atoms with Crippen molar-refractivity contribution in [3.8, 4) is 0 Å². The third kappa shape index (κ3) is 1.45. The van der Waals surface area contributed by atoms with Gasteiger partial charge in [-0.1, -0.05) is 0 Å². The maximum atomic E-state index is 11.4. The molecule has 1 aliphatic carbocycles. The maximum absolute atomic E-state index is 11.4. The smallest absolute Gasteiger partial charge is 0.405 e. The predicted octanol–water partition coefficient (Wildman–Crippen LogP) is -0.206. The van der Waals surface area contributed by atoms with Gasteiger partial charge in [-0.15, -0.1) is 0 Å². The molecule has 0 aromatic carbocycles. The molecule has 2 aliphatic rings.